The number of carbonyl (C=O) groups excluding carboxylic acids is 1. The van der Waals surface area contributed by atoms with Crippen molar-refractivity contribution in [3.8, 4) is 0 Å². The number of nitrogens with zero attached hydrogens (tertiary/aromatic N) is 1. The Morgan fingerprint density at radius 2 is 1.96 bits per heavy atom. The summed E-state index contributed by atoms with van der Waals surface area (Å²) in [5.41, 5.74) is 6.18. The third-order valence-electron chi connectivity index (χ3n) is 4.98. The van der Waals surface area contributed by atoms with E-state index in [9.17, 15) is 4.79 Å². The smallest absolute Gasteiger partial charge is 0.267 e. The number of amides is 1. The number of benzene rings is 2. The summed E-state index contributed by atoms with van der Waals surface area (Å²) in [6, 6.07) is 16.2. The number of carbonyl (C=O) groups is 1. The van der Waals surface area contributed by atoms with Crippen LogP contribution in [-0.4, -0.2) is 22.4 Å². The first-order chi connectivity index (χ1) is 12.6. The summed E-state index contributed by atoms with van der Waals surface area (Å²) in [6.45, 7) is 4.74. The number of hydrogen-bond acceptors (Lipinski definition) is 2. The van der Waals surface area contributed by atoms with Crippen molar-refractivity contribution in [3.63, 3.8) is 0 Å². The van der Waals surface area contributed by atoms with Crippen LogP contribution >= 0.6 is 0 Å². The van der Waals surface area contributed by atoms with Crippen LogP contribution in [0, 0.1) is 13.8 Å². The summed E-state index contributed by atoms with van der Waals surface area (Å²) in [7, 11) is 0. The second-order valence-electron chi connectivity index (χ2n) is 6.65. The zero-order chi connectivity index (χ0) is 18.1. The Morgan fingerprint density at radius 3 is 2.85 bits per heavy atom. The number of aryl methyl sites for hydroxylation is 2. The first-order valence-electron chi connectivity index (χ1n) is 8.83. The van der Waals surface area contributed by atoms with Gasteiger partial charge in [-0.1, -0.05) is 30.3 Å². The second kappa shape index (κ2) is 6.64. The molecule has 2 heterocycles. The molecule has 2 aromatic heterocycles. The Hall–Kier alpha value is -3.14. The van der Waals surface area contributed by atoms with Gasteiger partial charge in [-0.2, -0.15) is 0 Å². The molecule has 4 nitrogen and oxygen atoms in total. The van der Waals surface area contributed by atoms with Crippen LogP contribution in [0.3, 0.4) is 0 Å². The molecule has 0 fully saturated rings. The zero-order valence-electron chi connectivity index (χ0n) is 15.0. The lowest BCUT2D eigenvalue weighted by molar-refractivity contribution is 0.0950. The molecule has 2 N–H and O–H groups in total. The van der Waals surface area contributed by atoms with Gasteiger partial charge < -0.3 is 10.3 Å². The van der Waals surface area contributed by atoms with E-state index >= 15 is 0 Å². The first kappa shape index (κ1) is 16.3. The van der Waals surface area contributed by atoms with Crippen molar-refractivity contribution in [3.05, 3.63) is 77.1 Å². The van der Waals surface area contributed by atoms with E-state index in [-0.39, 0.29) is 5.91 Å². The summed E-state index contributed by atoms with van der Waals surface area (Å²) >= 11 is 0. The third kappa shape index (κ3) is 2.94. The largest absolute Gasteiger partial charge is 0.351 e. The normalized spacial score (nSPS) is 11.2. The van der Waals surface area contributed by atoms with Crippen LogP contribution < -0.4 is 5.32 Å². The molecule has 2 aromatic carbocycles. The van der Waals surface area contributed by atoms with Crippen molar-refractivity contribution in [2.45, 2.75) is 20.3 Å². The zero-order valence-corrected chi connectivity index (χ0v) is 15.0. The molecule has 0 unspecified atom stereocenters. The predicted octanol–water partition coefficient (Wildman–Crippen LogP) is 4.31. The van der Waals surface area contributed by atoms with Gasteiger partial charge in [-0.3, -0.25) is 9.78 Å². The first-order valence-corrected chi connectivity index (χ1v) is 8.83. The monoisotopic (exact) mass is 343 g/mol. The van der Waals surface area contributed by atoms with Crippen LogP contribution in [-0.2, 0) is 6.42 Å². The minimum absolute atomic E-state index is 0.0774. The molecule has 4 heteroatoms. The van der Waals surface area contributed by atoms with Crippen LogP contribution in [0.15, 0.2) is 54.7 Å². The van der Waals surface area contributed by atoms with E-state index in [1.807, 2.05) is 24.3 Å². The van der Waals surface area contributed by atoms with Crippen molar-refractivity contribution in [1.82, 2.24) is 15.3 Å². The van der Waals surface area contributed by atoms with Crippen molar-refractivity contribution in [2.75, 3.05) is 6.54 Å². The fourth-order valence-electron chi connectivity index (χ4n) is 3.36. The number of nitrogens with one attached hydrogen (secondary N) is 2. The maximum absolute atomic E-state index is 12.5. The average molecular weight is 343 g/mol. The minimum atomic E-state index is -0.0774. The van der Waals surface area contributed by atoms with E-state index in [2.05, 4.69) is 53.4 Å². The maximum atomic E-state index is 12.5. The molecule has 1 amide bonds. The SMILES string of the molecule is Cc1ccc2[nH]c(C(=O)NCCc3cccc4cccnc34)cc2c1C. The molecule has 130 valence electrons. The Morgan fingerprint density at radius 1 is 1.12 bits per heavy atom. The fraction of sp³-hybridized carbons (Fsp3) is 0.182. The molecule has 0 atom stereocenters. The van der Waals surface area contributed by atoms with Crippen LogP contribution in [0.1, 0.15) is 27.2 Å². The van der Waals surface area contributed by atoms with Gasteiger partial charge in [0.25, 0.3) is 5.91 Å². The van der Waals surface area contributed by atoms with Crippen molar-refractivity contribution < 1.29 is 4.79 Å². The van der Waals surface area contributed by atoms with Gasteiger partial charge in [-0.05, 0) is 55.2 Å². The van der Waals surface area contributed by atoms with Crippen molar-refractivity contribution >= 4 is 27.7 Å². The molecule has 26 heavy (non-hydrogen) atoms. The quantitative estimate of drug-likeness (QED) is 0.580. The number of fused-ring (bicyclic) bond motifs is 2. The number of pyridine rings is 1. The van der Waals surface area contributed by atoms with Gasteiger partial charge in [-0.15, -0.1) is 0 Å². The lowest BCUT2D eigenvalue weighted by Gasteiger charge is -2.07. The van der Waals surface area contributed by atoms with E-state index < -0.39 is 0 Å². The lowest BCUT2D eigenvalue weighted by Crippen LogP contribution is -2.26. The van der Waals surface area contributed by atoms with E-state index in [0.717, 1.165) is 33.8 Å². The van der Waals surface area contributed by atoms with E-state index in [4.69, 9.17) is 0 Å². The molecule has 4 aromatic rings. The number of aromatic nitrogens is 2. The van der Waals surface area contributed by atoms with Gasteiger partial charge in [0.1, 0.15) is 5.69 Å². The second-order valence-corrected chi connectivity index (χ2v) is 6.65. The molecule has 0 aliphatic carbocycles. The van der Waals surface area contributed by atoms with Crippen LogP contribution in [0.25, 0.3) is 21.8 Å². The third-order valence-corrected chi connectivity index (χ3v) is 4.98. The highest BCUT2D eigenvalue weighted by atomic mass is 16.1. The van der Waals surface area contributed by atoms with Crippen LogP contribution in [0.4, 0.5) is 0 Å². The summed E-state index contributed by atoms with van der Waals surface area (Å²) in [4.78, 5) is 20.2. The molecule has 0 spiro atoms. The number of aromatic amines is 1. The van der Waals surface area contributed by atoms with E-state index in [0.29, 0.717) is 12.2 Å². The molecule has 0 bridgehead atoms. The highest BCUT2D eigenvalue weighted by Gasteiger charge is 2.11. The number of para-hydroxylation sites is 1. The summed E-state index contributed by atoms with van der Waals surface area (Å²) in [6.07, 6.45) is 2.55. The van der Waals surface area contributed by atoms with E-state index in [1.165, 1.54) is 11.1 Å². The van der Waals surface area contributed by atoms with Crippen molar-refractivity contribution in [2.24, 2.45) is 0 Å². The molecule has 0 aliphatic heterocycles. The molecule has 4 rings (SSSR count). The maximum Gasteiger partial charge on any atom is 0.267 e. The van der Waals surface area contributed by atoms with Gasteiger partial charge in [0.05, 0.1) is 5.52 Å². The highest BCUT2D eigenvalue weighted by Crippen LogP contribution is 2.22. The summed E-state index contributed by atoms with van der Waals surface area (Å²) < 4.78 is 0. The van der Waals surface area contributed by atoms with Crippen LogP contribution in [0.5, 0.6) is 0 Å². The highest BCUT2D eigenvalue weighted by molar-refractivity contribution is 5.99. The minimum Gasteiger partial charge on any atom is -0.351 e. The van der Waals surface area contributed by atoms with Gasteiger partial charge in [0.15, 0.2) is 0 Å². The van der Waals surface area contributed by atoms with Crippen molar-refractivity contribution in [1.29, 1.82) is 0 Å². The molecular weight excluding hydrogens is 322 g/mol. The van der Waals surface area contributed by atoms with Gasteiger partial charge in [0.2, 0.25) is 0 Å². The number of H-pyrrole nitrogens is 1. The Labute approximate surface area is 152 Å². The summed E-state index contributed by atoms with van der Waals surface area (Å²) in [5.74, 6) is -0.0774. The fourth-order valence-corrected chi connectivity index (χ4v) is 3.36. The van der Waals surface area contributed by atoms with E-state index in [1.54, 1.807) is 6.20 Å². The Balaban J connectivity index is 1.48. The Kier molecular flexibility index (Phi) is 4.17. The molecule has 0 radical (unpaired) electrons. The molecule has 0 saturated carbocycles. The lowest BCUT2D eigenvalue weighted by atomic mass is 10.1. The van der Waals surface area contributed by atoms with Gasteiger partial charge in [-0.25, -0.2) is 0 Å². The predicted molar refractivity (Wildman–Crippen MR) is 106 cm³/mol. The number of hydrogen-bond donors (Lipinski definition) is 2. The topological polar surface area (TPSA) is 57.8 Å². The van der Waals surface area contributed by atoms with Gasteiger partial charge in [0, 0.05) is 29.0 Å². The number of rotatable bonds is 4. The molecular formula is C22H21N3O. The summed E-state index contributed by atoms with van der Waals surface area (Å²) in [5, 5.41) is 5.24. The molecule has 0 aliphatic rings. The standard InChI is InChI=1S/C22H21N3O/c1-14-8-9-19-18(15(14)2)13-20(25-19)22(26)24-12-10-17-6-3-5-16-7-4-11-23-21(16)17/h3-9,11,13,25H,10,12H2,1-2H3,(H,24,26). The van der Waals surface area contributed by atoms with Crippen LogP contribution in [0.2, 0.25) is 0 Å². The Bertz CT molecular complexity index is 1110. The average Bonchev–Trinajstić information content (AvgIpc) is 3.10. The van der Waals surface area contributed by atoms with Gasteiger partial charge >= 0.3 is 0 Å². The molecule has 0 saturated heterocycles.